The van der Waals surface area contributed by atoms with Crippen molar-refractivity contribution in [2.75, 3.05) is 16.0 Å². The molecule has 1 saturated carbocycles. The van der Waals surface area contributed by atoms with Gasteiger partial charge in [-0.1, -0.05) is 46.4 Å². The largest absolute Gasteiger partial charge is 0.471 e. The normalized spacial score (nSPS) is 17.3. The molecular weight excluding hydrogens is 710 g/mol. The molecule has 1 fully saturated rings. The number of amides is 3. The zero-order valence-electron chi connectivity index (χ0n) is 21.0. The average molecular weight is 724 g/mol. The van der Waals surface area contributed by atoms with E-state index in [4.69, 9.17) is 69.6 Å². The molecule has 0 spiro atoms. The first-order valence-corrected chi connectivity index (χ1v) is 13.9. The van der Waals surface area contributed by atoms with Crippen molar-refractivity contribution in [2.45, 2.75) is 23.4 Å². The number of nitrogens with one attached hydrogen (secondary N) is 3. The molecule has 17 heteroatoms. The molecule has 1 aliphatic carbocycles. The van der Waals surface area contributed by atoms with E-state index in [-0.39, 0.29) is 36.9 Å². The summed E-state index contributed by atoms with van der Waals surface area (Å²) in [6.07, 6.45) is -5.36. The van der Waals surface area contributed by atoms with E-state index in [1.807, 2.05) is 5.32 Å². The van der Waals surface area contributed by atoms with Gasteiger partial charge >= 0.3 is 12.1 Å². The summed E-state index contributed by atoms with van der Waals surface area (Å²) < 4.78 is 65.4. The Kier molecular flexibility index (Phi) is 9.38. The third kappa shape index (κ3) is 6.77. The Balaban J connectivity index is 1.57. The summed E-state index contributed by atoms with van der Waals surface area (Å²) in [5.74, 6) is -9.18. The fourth-order valence-corrected chi connectivity index (χ4v) is 5.82. The molecule has 0 unspecified atom stereocenters. The predicted octanol–water partition coefficient (Wildman–Crippen LogP) is 9.17. The molecule has 3 amide bonds. The summed E-state index contributed by atoms with van der Waals surface area (Å²) in [7, 11) is 0. The van der Waals surface area contributed by atoms with Gasteiger partial charge in [-0.25, -0.2) is 8.78 Å². The van der Waals surface area contributed by atoms with E-state index in [1.165, 1.54) is 30.4 Å². The number of hydrogen-bond acceptors (Lipinski definition) is 3. The zero-order chi connectivity index (χ0) is 32.2. The van der Waals surface area contributed by atoms with Crippen LogP contribution >= 0.6 is 69.6 Å². The molecule has 228 valence electrons. The van der Waals surface area contributed by atoms with Crippen molar-refractivity contribution in [2.24, 2.45) is 5.92 Å². The average Bonchev–Trinajstić information content (AvgIpc) is 3.49. The number of halogens is 11. The van der Waals surface area contributed by atoms with Gasteiger partial charge in [-0.15, -0.1) is 23.2 Å². The number of carbonyl (C=O) groups excluding carboxylic acids is 3. The molecule has 3 aromatic carbocycles. The van der Waals surface area contributed by atoms with E-state index in [2.05, 4.69) is 5.32 Å². The minimum atomic E-state index is -5.36. The minimum Gasteiger partial charge on any atom is -0.326 e. The van der Waals surface area contributed by atoms with Crippen molar-refractivity contribution in [3.8, 4) is 0 Å². The van der Waals surface area contributed by atoms with E-state index in [1.54, 1.807) is 0 Å². The molecule has 4 rings (SSSR count). The van der Waals surface area contributed by atoms with Crippen LogP contribution in [0.1, 0.15) is 27.4 Å². The summed E-state index contributed by atoms with van der Waals surface area (Å²) in [6.45, 7) is 1.47. The molecule has 43 heavy (non-hydrogen) atoms. The van der Waals surface area contributed by atoms with Gasteiger partial charge in [0.2, 0.25) is 5.91 Å². The highest BCUT2D eigenvalue weighted by atomic mass is 35.5. The second-order valence-electron chi connectivity index (χ2n) is 9.26. The van der Waals surface area contributed by atoms with Gasteiger partial charge in [-0.2, -0.15) is 13.2 Å². The maximum absolute atomic E-state index is 14.8. The first kappa shape index (κ1) is 33.4. The highest BCUT2D eigenvalue weighted by Crippen LogP contribution is 2.65. The summed E-state index contributed by atoms with van der Waals surface area (Å²) in [5.41, 5.74) is -1.87. The van der Waals surface area contributed by atoms with Gasteiger partial charge < -0.3 is 16.0 Å². The standard InChI is InChI=1S/C26H14Cl6F5N3O3/c1-8-4-10(38-23(42)17-16(25(17,31)32)9-5-12(27)19(30)13(28)6-9)7-11(18(8)29)22(41)40-21-14(33)2-3-15(20(21)34)39-24(43)26(35,36)37/h2-7,16-17H,1H3,(H,38,42)(H,39,43)(H,40,41)/t16-,17+/m0/s1. The second kappa shape index (κ2) is 12.1. The number of carbonyl (C=O) groups is 3. The second-order valence-corrected chi connectivity index (χ2v) is 12.3. The van der Waals surface area contributed by atoms with Crippen LogP contribution in [-0.4, -0.2) is 28.2 Å². The van der Waals surface area contributed by atoms with Crippen molar-refractivity contribution in [3.05, 3.63) is 84.8 Å². The number of aryl methyl sites for hydroxylation is 1. The summed E-state index contributed by atoms with van der Waals surface area (Å²) >= 11 is 37.1. The number of alkyl halides is 5. The van der Waals surface area contributed by atoms with E-state index < -0.39 is 63.1 Å². The van der Waals surface area contributed by atoms with Crippen LogP contribution in [-0.2, 0) is 9.59 Å². The van der Waals surface area contributed by atoms with Crippen LogP contribution in [0.25, 0.3) is 0 Å². The maximum atomic E-state index is 14.8. The molecule has 1 aliphatic rings. The SMILES string of the molecule is Cc1cc(NC(=O)[C@H]2[C@H](c3cc(Cl)c(Cl)c(Cl)c3)C2(Cl)Cl)cc(C(=O)Nc2c(F)ccc(NC(=O)C(F)(F)F)c2F)c1Cl. The smallest absolute Gasteiger partial charge is 0.326 e. The summed E-state index contributed by atoms with van der Waals surface area (Å²) in [5, 5.41) is 5.86. The Morgan fingerprint density at radius 3 is 2.05 bits per heavy atom. The van der Waals surface area contributed by atoms with Gasteiger partial charge in [0.1, 0.15) is 15.8 Å². The van der Waals surface area contributed by atoms with Crippen LogP contribution in [0.15, 0.2) is 36.4 Å². The molecule has 6 nitrogen and oxygen atoms in total. The van der Waals surface area contributed by atoms with E-state index >= 15 is 0 Å². The van der Waals surface area contributed by atoms with Gasteiger partial charge in [0.15, 0.2) is 5.82 Å². The monoisotopic (exact) mass is 721 g/mol. The number of hydrogen-bond donors (Lipinski definition) is 3. The molecule has 3 aromatic rings. The third-order valence-electron chi connectivity index (χ3n) is 6.30. The molecule has 0 saturated heterocycles. The number of rotatable bonds is 6. The van der Waals surface area contributed by atoms with Gasteiger partial charge in [0.25, 0.3) is 5.91 Å². The molecule has 0 bridgehead atoms. The molecular formula is C26H14Cl6F5N3O3. The number of anilines is 3. The maximum Gasteiger partial charge on any atom is 0.471 e. The first-order valence-electron chi connectivity index (χ1n) is 11.6. The molecule has 0 aliphatic heterocycles. The van der Waals surface area contributed by atoms with Crippen LogP contribution in [0, 0.1) is 24.5 Å². The van der Waals surface area contributed by atoms with Gasteiger partial charge in [-0.3, -0.25) is 14.4 Å². The van der Waals surface area contributed by atoms with Crippen molar-refractivity contribution in [3.63, 3.8) is 0 Å². The van der Waals surface area contributed by atoms with Crippen LogP contribution in [0.4, 0.5) is 39.0 Å². The Hall–Kier alpha value is -2.54. The molecule has 2 atom stereocenters. The van der Waals surface area contributed by atoms with E-state index in [0.29, 0.717) is 17.7 Å². The van der Waals surface area contributed by atoms with Crippen LogP contribution in [0.2, 0.25) is 20.1 Å². The van der Waals surface area contributed by atoms with Gasteiger partial charge in [0, 0.05) is 11.6 Å². The summed E-state index contributed by atoms with van der Waals surface area (Å²) in [6, 6.07) is 6.48. The molecule has 0 heterocycles. The van der Waals surface area contributed by atoms with E-state index in [9.17, 15) is 36.3 Å². The predicted molar refractivity (Wildman–Crippen MR) is 156 cm³/mol. The lowest BCUT2D eigenvalue weighted by atomic mass is 10.1. The quantitative estimate of drug-likeness (QED) is 0.135. The van der Waals surface area contributed by atoms with Crippen LogP contribution < -0.4 is 16.0 Å². The van der Waals surface area contributed by atoms with Crippen molar-refractivity contribution in [1.29, 1.82) is 0 Å². The Morgan fingerprint density at radius 2 is 1.47 bits per heavy atom. The highest BCUT2D eigenvalue weighted by molar-refractivity contribution is 6.54. The lowest BCUT2D eigenvalue weighted by Crippen LogP contribution is -2.30. The zero-order valence-corrected chi connectivity index (χ0v) is 25.5. The Bertz CT molecular complexity index is 1660. The lowest BCUT2D eigenvalue weighted by Gasteiger charge is -2.15. The van der Waals surface area contributed by atoms with E-state index in [0.717, 1.165) is 6.07 Å². The van der Waals surface area contributed by atoms with Crippen molar-refractivity contribution >= 4 is 104 Å². The topological polar surface area (TPSA) is 87.3 Å². The summed E-state index contributed by atoms with van der Waals surface area (Å²) in [4.78, 5) is 37.4. The molecule has 3 N–H and O–H groups in total. The third-order valence-corrected chi connectivity index (χ3v) is 8.94. The van der Waals surface area contributed by atoms with Crippen LogP contribution in [0.5, 0.6) is 0 Å². The Morgan fingerprint density at radius 1 is 0.860 bits per heavy atom. The Labute approximate surface area is 269 Å². The van der Waals surface area contributed by atoms with Crippen molar-refractivity contribution < 1.29 is 36.3 Å². The highest BCUT2D eigenvalue weighted by Gasteiger charge is 2.67. The van der Waals surface area contributed by atoms with Gasteiger partial charge in [0.05, 0.1) is 37.3 Å². The van der Waals surface area contributed by atoms with Crippen molar-refractivity contribution in [1.82, 2.24) is 0 Å². The fourth-order valence-electron chi connectivity index (χ4n) is 4.19. The lowest BCUT2D eigenvalue weighted by molar-refractivity contribution is -0.167. The fraction of sp³-hybridized carbons (Fsp3) is 0.192. The minimum absolute atomic E-state index is 0.0196. The number of benzene rings is 3. The molecule has 0 radical (unpaired) electrons. The van der Waals surface area contributed by atoms with Gasteiger partial charge in [-0.05, 0) is 54.4 Å². The molecule has 0 aromatic heterocycles. The first-order chi connectivity index (χ1) is 19.8. The van der Waals surface area contributed by atoms with Crippen LogP contribution in [0.3, 0.4) is 0 Å².